The number of ketones is 2. The molecular weight excluding hydrogens is 547 g/mol. The second-order valence-corrected chi connectivity index (χ2v) is 10.7. The largest absolute Gasteiger partial charge is 1.00 e. The zero-order chi connectivity index (χ0) is 30.4. The first-order valence-corrected chi connectivity index (χ1v) is 14.1. The Labute approximate surface area is 271 Å². The molecule has 2 saturated heterocycles. The summed E-state index contributed by atoms with van der Waals surface area (Å²) in [6.07, 6.45) is 3.34. The van der Waals surface area contributed by atoms with E-state index in [1.54, 1.807) is 17.0 Å². The SMILES string of the molecule is COC(=O)C1CC(C)CCN1CC(=O)c1ccccc1.C[C@@H]1CCN(CC(=O)c2ccccc2)[C@H](C(=O)O)C1.C[O-].[Na+]. The minimum Gasteiger partial charge on any atom is -0.857 e. The summed E-state index contributed by atoms with van der Waals surface area (Å²) in [6, 6.07) is 17.4. The van der Waals surface area contributed by atoms with Crippen molar-refractivity contribution in [3.05, 3.63) is 71.8 Å². The van der Waals surface area contributed by atoms with Crippen LogP contribution >= 0.6 is 0 Å². The van der Waals surface area contributed by atoms with Crippen molar-refractivity contribution in [2.45, 2.75) is 51.6 Å². The zero-order valence-corrected chi connectivity index (χ0v) is 27.5. The molecule has 2 fully saturated rings. The summed E-state index contributed by atoms with van der Waals surface area (Å²) in [5, 5.41) is 17.5. The second kappa shape index (κ2) is 19.7. The molecule has 2 heterocycles. The molecule has 9 nitrogen and oxygen atoms in total. The Morgan fingerprint density at radius 2 is 1.14 bits per heavy atom. The van der Waals surface area contributed by atoms with Crippen LogP contribution in [0.2, 0.25) is 0 Å². The van der Waals surface area contributed by atoms with E-state index in [1.807, 2.05) is 53.4 Å². The van der Waals surface area contributed by atoms with Gasteiger partial charge < -0.3 is 14.9 Å². The molecule has 1 N–H and O–H groups in total. The van der Waals surface area contributed by atoms with Crippen LogP contribution in [0.4, 0.5) is 0 Å². The summed E-state index contributed by atoms with van der Waals surface area (Å²) in [6.45, 7) is 6.10. The van der Waals surface area contributed by atoms with Gasteiger partial charge in [-0.1, -0.05) is 74.5 Å². The van der Waals surface area contributed by atoms with Crippen LogP contribution < -0.4 is 34.7 Å². The van der Waals surface area contributed by atoms with Crippen LogP contribution in [0.15, 0.2) is 60.7 Å². The first kappa shape index (κ1) is 37.6. The summed E-state index contributed by atoms with van der Waals surface area (Å²) in [7, 11) is 2.15. The molecule has 42 heavy (non-hydrogen) atoms. The third kappa shape index (κ3) is 11.7. The van der Waals surface area contributed by atoms with Crippen molar-refractivity contribution < 1.29 is 63.7 Å². The molecule has 2 aliphatic heterocycles. The summed E-state index contributed by atoms with van der Waals surface area (Å²) < 4.78 is 4.86. The van der Waals surface area contributed by atoms with Crippen LogP contribution in [-0.2, 0) is 14.3 Å². The molecule has 2 aliphatic rings. The van der Waals surface area contributed by atoms with Gasteiger partial charge in [0.15, 0.2) is 11.6 Å². The Bertz CT molecular complexity index is 1120. The van der Waals surface area contributed by atoms with Gasteiger partial charge in [-0.25, -0.2) is 0 Å². The predicted molar refractivity (Wildman–Crippen MR) is 155 cm³/mol. The number of likely N-dealkylation sites (tertiary alicyclic amines) is 2. The number of ether oxygens (including phenoxy) is 1. The van der Waals surface area contributed by atoms with Crippen molar-refractivity contribution in [1.29, 1.82) is 0 Å². The van der Waals surface area contributed by atoms with E-state index in [4.69, 9.17) is 9.84 Å². The van der Waals surface area contributed by atoms with Crippen LogP contribution in [0, 0.1) is 11.8 Å². The Morgan fingerprint density at radius 1 is 0.762 bits per heavy atom. The van der Waals surface area contributed by atoms with E-state index in [-0.39, 0.29) is 66.2 Å². The zero-order valence-electron chi connectivity index (χ0n) is 25.5. The minimum absolute atomic E-state index is 0. The summed E-state index contributed by atoms with van der Waals surface area (Å²) in [5.41, 5.74) is 1.33. The topological polar surface area (TPSA) is 127 Å². The van der Waals surface area contributed by atoms with E-state index >= 15 is 0 Å². The fraction of sp³-hybridized carbons (Fsp3) is 0.500. The Kier molecular flexibility index (Phi) is 17.7. The number of nitrogens with zero attached hydrogens (tertiary/aromatic N) is 2. The number of esters is 1. The average molecular weight is 591 g/mol. The first-order valence-electron chi connectivity index (χ1n) is 14.1. The number of piperidine rings is 2. The summed E-state index contributed by atoms with van der Waals surface area (Å²) in [4.78, 5) is 51.3. The van der Waals surface area contributed by atoms with Gasteiger partial charge in [0.1, 0.15) is 12.1 Å². The fourth-order valence-electron chi connectivity index (χ4n) is 5.20. The van der Waals surface area contributed by atoms with Crippen LogP contribution in [0.25, 0.3) is 0 Å². The molecule has 0 saturated carbocycles. The number of Topliss-reactive ketones (excluding diaryl/α,β-unsaturated/α-hetero) is 2. The quantitative estimate of drug-likeness (QED) is 0.260. The molecule has 224 valence electrons. The average Bonchev–Trinajstić information content (AvgIpc) is 3.00. The standard InChI is InChI=1S/C16H21NO3.C15H19NO3.CH3O.Na/c1-12-8-9-17(14(10-12)16(19)20-2)11-15(18)13-6-4-3-5-7-13;1-11-7-8-16(13(9-11)15(18)19)10-14(17)12-5-3-2-4-6-12;1-2;/h3-7,12,14H,8-11H2,1-2H3;2-6,11,13H,7-10H2,1H3,(H,18,19);1H3;/q;;-1;+1/t;11-,13+;;/m.1../s1. The van der Waals surface area contributed by atoms with E-state index < -0.39 is 12.0 Å². The number of hydrogen-bond acceptors (Lipinski definition) is 8. The van der Waals surface area contributed by atoms with Crippen LogP contribution in [0.1, 0.15) is 60.2 Å². The molecule has 2 unspecified atom stereocenters. The van der Waals surface area contributed by atoms with E-state index in [0.717, 1.165) is 32.9 Å². The van der Waals surface area contributed by atoms with E-state index in [9.17, 15) is 24.3 Å². The van der Waals surface area contributed by atoms with Gasteiger partial charge in [0, 0.05) is 11.1 Å². The van der Waals surface area contributed by atoms with Crippen LogP contribution in [-0.4, -0.2) is 90.9 Å². The molecule has 4 rings (SSSR count). The van der Waals surface area contributed by atoms with Gasteiger partial charge in [-0.05, 0) is 50.6 Å². The second-order valence-electron chi connectivity index (χ2n) is 10.7. The molecule has 2 aromatic carbocycles. The Hall–Kier alpha value is -2.40. The molecule has 0 amide bonds. The number of benzene rings is 2. The monoisotopic (exact) mass is 590 g/mol. The number of hydrogen-bond donors (Lipinski definition) is 1. The number of rotatable bonds is 8. The van der Waals surface area contributed by atoms with Crippen molar-refractivity contribution in [2.24, 2.45) is 11.8 Å². The summed E-state index contributed by atoms with van der Waals surface area (Å²) >= 11 is 0. The van der Waals surface area contributed by atoms with E-state index in [2.05, 4.69) is 13.8 Å². The molecule has 4 atom stereocenters. The Morgan fingerprint density at radius 3 is 1.52 bits per heavy atom. The third-order valence-electron chi connectivity index (χ3n) is 7.59. The molecule has 2 aromatic rings. The van der Waals surface area contributed by atoms with Gasteiger partial charge in [0.2, 0.25) is 0 Å². The molecule has 0 bridgehead atoms. The molecule has 10 heteroatoms. The summed E-state index contributed by atoms with van der Waals surface area (Å²) in [5.74, 6) is -0.133. The maximum absolute atomic E-state index is 12.3. The van der Waals surface area contributed by atoms with Crippen LogP contribution in [0.3, 0.4) is 0 Å². The fourth-order valence-corrected chi connectivity index (χ4v) is 5.20. The van der Waals surface area contributed by atoms with Gasteiger partial charge in [-0.2, -0.15) is 7.11 Å². The van der Waals surface area contributed by atoms with Crippen molar-refractivity contribution in [2.75, 3.05) is 40.4 Å². The first-order chi connectivity index (χ1) is 19.7. The number of carbonyl (C=O) groups is 4. The number of carboxylic acid groups (broad SMARTS) is 1. The van der Waals surface area contributed by atoms with Crippen molar-refractivity contribution in [3.8, 4) is 0 Å². The van der Waals surface area contributed by atoms with Crippen LogP contribution in [0.5, 0.6) is 0 Å². The predicted octanol–water partition coefficient (Wildman–Crippen LogP) is 0.178. The molecular formula is C32H43N2NaO7. The molecule has 0 aliphatic carbocycles. The van der Waals surface area contributed by atoms with Gasteiger partial charge in [-0.15, -0.1) is 0 Å². The number of carbonyl (C=O) groups excluding carboxylic acids is 3. The Balaban J connectivity index is 0.000000388. The van der Waals surface area contributed by atoms with E-state index in [0.29, 0.717) is 35.9 Å². The number of aliphatic carboxylic acids is 1. The molecule has 0 radical (unpaired) electrons. The smallest absolute Gasteiger partial charge is 0.857 e. The third-order valence-corrected chi connectivity index (χ3v) is 7.59. The van der Waals surface area contributed by atoms with Gasteiger partial charge in [-0.3, -0.25) is 29.0 Å². The number of carboxylic acids is 1. The maximum atomic E-state index is 12.3. The van der Waals surface area contributed by atoms with Crippen molar-refractivity contribution in [1.82, 2.24) is 9.80 Å². The van der Waals surface area contributed by atoms with Gasteiger partial charge >= 0.3 is 41.5 Å². The van der Waals surface area contributed by atoms with Gasteiger partial charge in [0.25, 0.3) is 0 Å². The van der Waals surface area contributed by atoms with Crippen molar-refractivity contribution >= 4 is 23.5 Å². The van der Waals surface area contributed by atoms with E-state index in [1.165, 1.54) is 7.11 Å². The number of methoxy groups -OCH3 is 1. The van der Waals surface area contributed by atoms with Crippen molar-refractivity contribution in [3.63, 3.8) is 0 Å². The minimum atomic E-state index is -0.826. The molecule has 0 aromatic heterocycles. The molecule has 0 spiro atoms. The normalized spacial score (nSPS) is 22.1. The maximum Gasteiger partial charge on any atom is 1.00 e. The van der Waals surface area contributed by atoms with Gasteiger partial charge in [0.05, 0.1) is 20.2 Å².